The lowest BCUT2D eigenvalue weighted by atomic mass is 9.89. The van der Waals surface area contributed by atoms with E-state index in [0.29, 0.717) is 43.1 Å². The molecule has 0 unspecified atom stereocenters. The molecule has 2 fully saturated rings. The summed E-state index contributed by atoms with van der Waals surface area (Å²) in [5.74, 6) is -0.240. The molecule has 2 aliphatic heterocycles. The van der Waals surface area contributed by atoms with E-state index < -0.39 is 0 Å². The number of halogens is 2. The number of ketones is 1. The van der Waals surface area contributed by atoms with E-state index in [1.807, 2.05) is 23.1 Å². The summed E-state index contributed by atoms with van der Waals surface area (Å²) in [6, 6.07) is 13.2. The Morgan fingerprint density at radius 1 is 0.946 bits per heavy atom. The maximum absolute atomic E-state index is 13.5. The summed E-state index contributed by atoms with van der Waals surface area (Å²) in [5, 5.41) is 0.592. The molecular formula is C29H35ClFN3O3. The monoisotopic (exact) mass is 527 g/mol. The number of Topliss-reactive ketones (excluding diaryl/α,β-unsaturated/α-hetero) is 1. The Bertz CT molecular complexity index is 1090. The highest BCUT2D eigenvalue weighted by molar-refractivity contribution is 6.30. The van der Waals surface area contributed by atoms with Crippen LogP contribution in [0.2, 0.25) is 5.02 Å². The topological polar surface area (TPSA) is 60.9 Å². The average Bonchev–Trinajstić information content (AvgIpc) is 2.91. The van der Waals surface area contributed by atoms with Crippen LogP contribution in [0.15, 0.2) is 48.5 Å². The van der Waals surface area contributed by atoms with Crippen LogP contribution in [0.5, 0.6) is 0 Å². The SMILES string of the molecule is CC(=O)N1CCC(C(=O)N(CCCN2CCC(C(=O)c3ccc(F)cc3)CC2)c2cccc(Cl)c2)CC1. The van der Waals surface area contributed by atoms with Gasteiger partial charge in [0, 0.05) is 54.7 Å². The van der Waals surface area contributed by atoms with Crippen molar-refractivity contribution >= 4 is 34.9 Å². The molecule has 0 bridgehead atoms. The van der Waals surface area contributed by atoms with Gasteiger partial charge in [-0.1, -0.05) is 17.7 Å². The van der Waals surface area contributed by atoms with E-state index in [-0.39, 0.29) is 35.3 Å². The molecule has 0 saturated carbocycles. The Morgan fingerprint density at radius 2 is 1.59 bits per heavy atom. The van der Waals surface area contributed by atoms with Crippen LogP contribution in [0, 0.1) is 17.7 Å². The number of carbonyl (C=O) groups excluding carboxylic acids is 3. The number of nitrogens with zero attached hydrogens (tertiary/aromatic N) is 3. The van der Waals surface area contributed by atoms with Gasteiger partial charge in [-0.05, 0) is 94.2 Å². The number of anilines is 1. The lowest BCUT2D eigenvalue weighted by Crippen LogP contribution is -2.45. The van der Waals surface area contributed by atoms with E-state index in [9.17, 15) is 18.8 Å². The van der Waals surface area contributed by atoms with E-state index in [1.165, 1.54) is 12.1 Å². The van der Waals surface area contributed by atoms with Crippen LogP contribution in [-0.2, 0) is 9.59 Å². The van der Waals surface area contributed by atoms with Gasteiger partial charge in [0.15, 0.2) is 5.78 Å². The van der Waals surface area contributed by atoms with Crippen molar-refractivity contribution in [3.05, 3.63) is 64.9 Å². The van der Waals surface area contributed by atoms with Crippen molar-refractivity contribution in [1.82, 2.24) is 9.80 Å². The molecule has 8 heteroatoms. The minimum absolute atomic E-state index is 0.0351. The summed E-state index contributed by atoms with van der Waals surface area (Å²) >= 11 is 6.24. The van der Waals surface area contributed by atoms with Crippen LogP contribution >= 0.6 is 11.6 Å². The summed E-state index contributed by atoms with van der Waals surface area (Å²) in [7, 11) is 0. The first kappa shape index (κ1) is 27.3. The second-order valence-electron chi connectivity index (χ2n) is 10.1. The fourth-order valence-corrected chi connectivity index (χ4v) is 5.58. The smallest absolute Gasteiger partial charge is 0.230 e. The Hall–Kier alpha value is -2.77. The largest absolute Gasteiger partial charge is 0.343 e. The number of benzene rings is 2. The molecule has 0 radical (unpaired) electrons. The molecule has 0 aromatic heterocycles. The van der Waals surface area contributed by atoms with Crippen molar-refractivity contribution in [2.24, 2.45) is 11.8 Å². The first-order valence-corrected chi connectivity index (χ1v) is 13.5. The van der Waals surface area contributed by atoms with E-state index in [1.54, 1.807) is 30.0 Å². The summed E-state index contributed by atoms with van der Waals surface area (Å²) < 4.78 is 13.2. The van der Waals surface area contributed by atoms with Gasteiger partial charge in [0.2, 0.25) is 11.8 Å². The summed E-state index contributed by atoms with van der Waals surface area (Å²) in [6.07, 6.45) is 3.71. The minimum atomic E-state index is -0.335. The predicted octanol–water partition coefficient (Wildman–Crippen LogP) is 5.06. The number of likely N-dealkylation sites (tertiary alicyclic amines) is 2. The second-order valence-corrected chi connectivity index (χ2v) is 10.5. The molecule has 2 aliphatic rings. The van der Waals surface area contributed by atoms with E-state index in [0.717, 1.165) is 44.6 Å². The lowest BCUT2D eigenvalue weighted by Gasteiger charge is -2.35. The zero-order valence-electron chi connectivity index (χ0n) is 21.4. The number of hydrogen-bond acceptors (Lipinski definition) is 4. The Morgan fingerprint density at radius 3 is 2.22 bits per heavy atom. The standard InChI is InChI=1S/C29H35ClFN3O3/c1-21(35)33-18-12-24(13-19-33)29(37)34(27-5-2-4-25(30)20-27)15-3-14-32-16-10-23(11-17-32)28(36)22-6-8-26(31)9-7-22/h2,4-9,20,23-24H,3,10-19H2,1H3. The molecule has 0 aliphatic carbocycles. The van der Waals surface area contributed by atoms with Crippen LogP contribution < -0.4 is 4.90 Å². The number of piperidine rings is 2. The molecule has 2 heterocycles. The van der Waals surface area contributed by atoms with Gasteiger partial charge in [-0.15, -0.1) is 0 Å². The molecule has 0 N–H and O–H groups in total. The van der Waals surface area contributed by atoms with E-state index in [2.05, 4.69) is 4.90 Å². The van der Waals surface area contributed by atoms with Gasteiger partial charge in [0.05, 0.1) is 0 Å². The van der Waals surface area contributed by atoms with Crippen LogP contribution in [-0.4, -0.2) is 66.7 Å². The first-order valence-electron chi connectivity index (χ1n) is 13.2. The van der Waals surface area contributed by atoms with E-state index >= 15 is 0 Å². The first-order chi connectivity index (χ1) is 17.8. The third-order valence-corrected chi connectivity index (χ3v) is 7.85. The van der Waals surface area contributed by atoms with Crippen molar-refractivity contribution in [2.75, 3.05) is 44.2 Å². The molecule has 198 valence electrons. The number of carbonyl (C=O) groups is 3. The van der Waals surface area contributed by atoms with Crippen molar-refractivity contribution < 1.29 is 18.8 Å². The second kappa shape index (κ2) is 12.7. The number of hydrogen-bond donors (Lipinski definition) is 0. The fraction of sp³-hybridized carbons (Fsp3) is 0.483. The maximum Gasteiger partial charge on any atom is 0.230 e. The van der Waals surface area contributed by atoms with E-state index in [4.69, 9.17) is 11.6 Å². The molecule has 2 amide bonds. The van der Waals surface area contributed by atoms with Gasteiger partial charge in [-0.3, -0.25) is 14.4 Å². The highest BCUT2D eigenvalue weighted by Crippen LogP contribution is 2.27. The van der Waals surface area contributed by atoms with Gasteiger partial charge < -0.3 is 14.7 Å². The molecule has 6 nitrogen and oxygen atoms in total. The average molecular weight is 528 g/mol. The summed E-state index contributed by atoms with van der Waals surface area (Å²) in [4.78, 5) is 44.0. The van der Waals surface area contributed by atoms with Crippen LogP contribution in [0.3, 0.4) is 0 Å². The lowest BCUT2D eigenvalue weighted by molar-refractivity contribution is -0.133. The van der Waals surface area contributed by atoms with Crippen LogP contribution in [0.1, 0.15) is 49.4 Å². The van der Waals surface area contributed by atoms with Gasteiger partial charge in [-0.25, -0.2) is 4.39 Å². The molecule has 0 spiro atoms. The summed E-state index contributed by atoms with van der Waals surface area (Å²) in [5.41, 5.74) is 1.37. The molecular weight excluding hydrogens is 493 g/mol. The quantitative estimate of drug-likeness (QED) is 0.450. The normalized spacial score (nSPS) is 17.5. The van der Waals surface area contributed by atoms with Gasteiger partial charge in [0.25, 0.3) is 0 Å². The third kappa shape index (κ3) is 7.17. The van der Waals surface area contributed by atoms with Crippen molar-refractivity contribution in [3.8, 4) is 0 Å². The Kier molecular flexibility index (Phi) is 9.33. The fourth-order valence-electron chi connectivity index (χ4n) is 5.39. The Balaban J connectivity index is 1.30. The number of rotatable bonds is 8. The van der Waals surface area contributed by atoms with Gasteiger partial charge in [0.1, 0.15) is 5.82 Å². The third-order valence-electron chi connectivity index (χ3n) is 7.62. The summed E-state index contributed by atoms with van der Waals surface area (Å²) in [6.45, 7) is 5.87. The predicted molar refractivity (Wildman–Crippen MR) is 143 cm³/mol. The highest BCUT2D eigenvalue weighted by Gasteiger charge is 2.31. The van der Waals surface area contributed by atoms with Crippen LogP contribution in [0.4, 0.5) is 10.1 Å². The maximum atomic E-state index is 13.5. The molecule has 37 heavy (non-hydrogen) atoms. The van der Waals surface area contributed by atoms with Gasteiger partial charge in [-0.2, -0.15) is 0 Å². The molecule has 4 rings (SSSR count). The van der Waals surface area contributed by atoms with Crippen molar-refractivity contribution in [2.45, 2.75) is 39.0 Å². The molecule has 2 aromatic rings. The molecule has 2 aromatic carbocycles. The zero-order chi connectivity index (χ0) is 26.4. The van der Waals surface area contributed by atoms with Crippen molar-refractivity contribution in [1.29, 1.82) is 0 Å². The zero-order valence-corrected chi connectivity index (χ0v) is 22.1. The van der Waals surface area contributed by atoms with Crippen LogP contribution in [0.25, 0.3) is 0 Å². The highest BCUT2D eigenvalue weighted by atomic mass is 35.5. The van der Waals surface area contributed by atoms with Gasteiger partial charge >= 0.3 is 0 Å². The minimum Gasteiger partial charge on any atom is -0.343 e. The molecule has 2 saturated heterocycles. The Labute approximate surface area is 223 Å². The number of amides is 2. The van der Waals surface area contributed by atoms with Crippen molar-refractivity contribution in [3.63, 3.8) is 0 Å². The molecule has 0 atom stereocenters.